The molecule has 2 heterocycles. The molecule has 0 radical (unpaired) electrons. The Morgan fingerprint density at radius 1 is 1.33 bits per heavy atom. The zero-order chi connectivity index (χ0) is 16.9. The Balaban J connectivity index is 1.55. The molecular formula is C18H20N4O2. The maximum Gasteiger partial charge on any atom is 0.253 e. The Morgan fingerprint density at radius 2 is 2.17 bits per heavy atom. The van der Waals surface area contributed by atoms with E-state index in [2.05, 4.69) is 15.3 Å². The number of fused-ring (bicyclic) bond motifs is 1. The summed E-state index contributed by atoms with van der Waals surface area (Å²) >= 11 is 0. The number of hydrogen-bond acceptors (Lipinski definition) is 3. The predicted molar refractivity (Wildman–Crippen MR) is 92.9 cm³/mol. The number of aromatic amines is 1. The molecular weight excluding hydrogens is 304 g/mol. The number of nitrogens with one attached hydrogen (secondary N) is 2. The molecule has 2 aromatic heterocycles. The number of H-pyrrole nitrogens is 1. The molecule has 3 aromatic rings. The first-order valence-corrected chi connectivity index (χ1v) is 8.04. The Morgan fingerprint density at radius 3 is 2.96 bits per heavy atom. The number of hydrogen-bond donors (Lipinski definition) is 2. The second-order valence-electron chi connectivity index (χ2n) is 5.65. The fraction of sp³-hybridized carbons (Fsp3) is 0.278. The van der Waals surface area contributed by atoms with Gasteiger partial charge in [-0.1, -0.05) is 25.1 Å². The first-order valence-electron chi connectivity index (χ1n) is 8.04. The van der Waals surface area contributed by atoms with Crippen LogP contribution in [0.2, 0.25) is 0 Å². The molecule has 0 bridgehead atoms. The predicted octanol–water partition coefficient (Wildman–Crippen LogP) is 1.65. The van der Waals surface area contributed by atoms with E-state index >= 15 is 0 Å². The molecule has 6 heteroatoms. The van der Waals surface area contributed by atoms with Crippen molar-refractivity contribution in [3.8, 4) is 0 Å². The fourth-order valence-electron chi connectivity index (χ4n) is 2.65. The molecule has 124 valence electrons. The van der Waals surface area contributed by atoms with Gasteiger partial charge < -0.3 is 10.3 Å². The lowest BCUT2D eigenvalue weighted by Gasteiger charge is -2.07. The average molecular weight is 324 g/mol. The van der Waals surface area contributed by atoms with Crippen LogP contribution in [0, 0.1) is 0 Å². The SMILES string of the molecule is CCc1cc(=O)n(CCNC(=O)Cc2c[nH]c3ccccc23)cn1. The largest absolute Gasteiger partial charge is 0.361 e. The van der Waals surface area contributed by atoms with Gasteiger partial charge >= 0.3 is 0 Å². The molecule has 1 amide bonds. The lowest BCUT2D eigenvalue weighted by Crippen LogP contribution is -2.31. The minimum Gasteiger partial charge on any atom is -0.361 e. The van der Waals surface area contributed by atoms with Crippen molar-refractivity contribution < 1.29 is 4.79 Å². The van der Waals surface area contributed by atoms with Crippen molar-refractivity contribution in [3.63, 3.8) is 0 Å². The van der Waals surface area contributed by atoms with Gasteiger partial charge in [0.1, 0.15) is 0 Å². The summed E-state index contributed by atoms with van der Waals surface area (Å²) in [6.45, 7) is 2.76. The standard InChI is InChI=1S/C18H20N4O2/c1-2-14-10-18(24)22(12-21-14)8-7-19-17(23)9-13-11-20-16-6-4-3-5-15(13)16/h3-6,10-12,20H,2,7-9H2,1H3,(H,19,23). The number of rotatable bonds is 6. The average Bonchev–Trinajstić information content (AvgIpc) is 2.99. The number of carbonyl (C=O) groups is 1. The quantitative estimate of drug-likeness (QED) is 0.723. The Bertz CT molecular complexity index is 911. The number of carbonyl (C=O) groups excluding carboxylic acids is 1. The number of benzene rings is 1. The first-order chi connectivity index (χ1) is 11.7. The van der Waals surface area contributed by atoms with Crippen LogP contribution in [0.25, 0.3) is 10.9 Å². The number of para-hydroxylation sites is 1. The molecule has 0 unspecified atom stereocenters. The van der Waals surface area contributed by atoms with E-state index in [0.717, 1.165) is 28.6 Å². The van der Waals surface area contributed by atoms with E-state index in [1.807, 2.05) is 37.4 Å². The van der Waals surface area contributed by atoms with Gasteiger partial charge in [-0.25, -0.2) is 4.98 Å². The van der Waals surface area contributed by atoms with E-state index in [1.54, 1.807) is 0 Å². The summed E-state index contributed by atoms with van der Waals surface area (Å²) in [5, 5.41) is 3.91. The summed E-state index contributed by atoms with van der Waals surface area (Å²) in [5.41, 5.74) is 2.68. The van der Waals surface area contributed by atoms with Crippen LogP contribution in [0.1, 0.15) is 18.2 Å². The van der Waals surface area contributed by atoms with Crippen LogP contribution in [0.3, 0.4) is 0 Å². The van der Waals surface area contributed by atoms with E-state index < -0.39 is 0 Å². The van der Waals surface area contributed by atoms with Gasteiger partial charge in [0.25, 0.3) is 5.56 Å². The van der Waals surface area contributed by atoms with E-state index in [9.17, 15) is 9.59 Å². The third-order valence-corrected chi connectivity index (χ3v) is 4.00. The van der Waals surface area contributed by atoms with Gasteiger partial charge in [-0.15, -0.1) is 0 Å². The van der Waals surface area contributed by atoms with Crippen LogP contribution >= 0.6 is 0 Å². The number of nitrogens with zero attached hydrogens (tertiary/aromatic N) is 2. The van der Waals surface area contributed by atoms with Gasteiger partial charge in [0, 0.05) is 41.9 Å². The van der Waals surface area contributed by atoms with Gasteiger partial charge in [-0.05, 0) is 18.1 Å². The Labute approximate surface area is 139 Å². The number of aromatic nitrogens is 3. The van der Waals surface area contributed by atoms with Crippen molar-refractivity contribution in [2.45, 2.75) is 26.3 Å². The van der Waals surface area contributed by atoms with Crippen LogP contribution in [-0.2, 0) is 24.2 Å². The van der Waals surface area contributed by atoms with Crippen molar-refractivity contribution >= 4 is 16.8 Å². The minimum atomic E-state index is -0.0901. The summed E-state index contributed by atoms with van der Waals surface area (Å²) in [7, 11) is 0. The molecule has 3 rings (SSSR count). The molecule has 6 nitrogen and oxygen atoms in total. The van der Waals surface area contributed by atoms with E-state index in [0.29, 0.717) is 19.5 Å². The van der Waals surface area contributed by atoms with Crippen LogP contribution in [0.4, 0.5) is 0 Å². The third-order valence-electron chi connectivity index (χ3n) is 4.00. The molecule has 2 N–H and O–H groups in total. The number of aryl methyl sites for hydroxylation is 1. The monoisotopic (exact) mass is 324 g/mol. The summed E-state index contributed by atoms with van der Waals surface area (Å²) in [6, 6.07) is 9.42. The lowest BCUT2D eigenvalue weighted by molar-refractivity contribution is -0.120. The van der Waals surface area contributed by atoms with Gasteiger partial charge in [-0.3, -0.25) is 14.2 Å². The molecule has 0 saturated heterocycles. The van der Waals surface area contributed by atoms with E-state index in [1.165, 1.54) is 17.0 Å². The second kappa shape index (κ2) is 7.12. The van der Waals surface area contributed by atoms with E-state index in [-0.39, 0.29) is 11.5 Å². The molecule has 0 aliphatic carbocycles. The lowest BCUT2D eigenvalue weighted by atomic mass is 10.1. The minimum absolute atomic E-state index is 0.0639. The smallest absolute Gasteiger partial charge is 0.253 e. The summed E-state index contributed by atoms with van der Waals surface area (Å²) in [6.07, 6.45) is 4.44. The zero-order valence-corrected chi connectivity index (χ0v) is 13.6. The highest BCUT2D eigenvalue weighted by Gasteiger charge is 2.08. The molecule has 1 aromatic carbocycles. The molecule has 0 saturated carbocycles. The molecule has 0 aliphatic heterocycles. The summed E-state index contributed by atoms with van der Waals surface area (Å²) < 4.78 is 1.51. The maximum absolute atomic E-state index is 12.1. The molecule has 0 spiro atoms. The van der Waals surface area contributed by atoms with Crippen molar-refractivity contribution in [3.05, 3.63) is 64.5 Å². The Hall–Kier alpha value is -2.89. The van der Waals surface area contributed by atoms with E-state index in [4.69, 9.17) is 0 Å². The maximum atomic E-state index is 12.1. The van der Waals surface area contributed by atoms with Crippen LogP contribution in [0.5, 0.6) is 0 Å². The molecule has 0 atom stereocenters. The van der Waals surface area contributed by atoms with Gasteiger partial charge in [0.05, 0.1) is 12.7 Å². The highest BCUT2D eigenvalue weighted by atomic mass is 16.1. The molecule has 0 fully saturated rings. The highest BCUT2D eigenvalue weighted by Crippen LogP contribution is 2.17. The van der Waals surface area contributed by atoms with Crippen molar-refractivity contribution in [2.75, 3.05) is 6.54 Å². The molecule has 24 heavy (non-hydrogen) atoms. The fourth-order valence-corrected chi connectivity index (χ4v) is 2.65. The van der Waals surface area contributed by atoms with Gasteiger partial charge in [0.2, 0.25) is 5.91 Å². The number of amides is 1. The van der Waals surface area contributed by atoms with Crippen LogP contribution in [0.15, 0.2) is 47.7 Å². The zero-order valence-electron chi connectivity index (χ0n) is 13.6. The van der Waals surface area contributed by atoms with Crippen molar-refractivity contribution in [2.24, 2.45) is 0 Å². The summed E-state index contributed by atoms with van der Waals surface area (Å²) in [5.74, 6) is -0.0639. The first kappa shape index (κ1) is 16.0. The van der Waals surface area contributed by atoms with Crippen molar-refractivity contribution in [1.29, 1.82) is 0 Å². The van der Waals surface area contributed by atoms with Crippen LogP contribution in [-0.4, -0.2) is 27.0 Å². The second-order valence-corrected chi connectivity index (χ2v) is 5.65. The topological polar surface area (TPSA) is 79.8 Å². The van der Waals surface area contributed by atoms with Gasteiger partial charge in [-0.2, -0.15) is 0 Å². The van der Waals surface area contributed by atoms with Gasteiger partial charge in [0.15, 0.2) is 0 Å². The molecule has 0 aliphatic rings. The Kier molecular flexibility index (Phi) is 4.74. The highest BCUT2D eigenvalue weighted by molar-refractivity contribution is 5.88. The van der Waals surface area contributed by atoms with Crippen molar-refractivity contribution in [1.82, 2.24) is 19.9 Å². The van der Waals surface area contributed by atoms with Crippen LogP contribution < -0.4 is 10.9 Å². The third kappa shape index (κ3) is 3.53. The normalized spacial score (nSPS) is 10.9. The summed E-state index contributed by atoms with van der Waals surface area (Å²) in [4.78, 5) is 31.3.